The SMILES string of the molecule is O=C1CC(c2ccccc2)Cc2cccc(O)c21. The minimum absolute atomic E-state index is 0.0446. The molecule has 0 bridgehead atoms. The minimum atomic E-state index is 0.0446. The Balaban J connectivity index is 2.00. The molecular weight excluding hydrogens is 224 g/mol. The highest BCUT2D eigenvalue weighted by Crippen LogP contribution is 2.35. The van der Waals surface area contributed by atoms with Crippen molar-refractivity contribution in [2.75, 3.05) is 0 Å². The number of benzene rings is 2. The summed E-state index contributed by atoms with van der Waals surface area (Å²) in [7, 11) is 0. The van der Waals surface area contributed by atoms with Crippen molar-refractivity contribution >= 4 is 5.78 Å². The number of carbonyl (C=O) groups is 1. The number of ketones is 1. The first-order chi connectivity index (χ1) is 8.75. The lowest BCUT2D eigenvalue weighted by atomic mass is 9.79. The quantitative estimate of drug-likeness (QED) is 0.827. The van der Waals surface area contributed by atoms with Gasteiger partial charge in [0.1, 0.15) is 5.75 Å². The molecule has 0 radical (unpaired) electrons. The topological polar surface area (TPSA) is 37.3 Å². The first kappa shape index (κ1) is 11.0. The number of Topliss-reactive ketones (excluding diaryl/α,β-unsaturated/α-hetero) is 1. The van der Waals surface area contributed by atoms with Crippen LogP contribution in [0.1, 0.15) is 33.8 Å². The van der Waals surface area contributed by atoms with E-state index in [1.165, 1.54) is 5.56 Å². The van der Waals surface area contributed by atoms with Crippen LogP contribution in [0.5, 0.6) is 5.75 Å². The molecule has 1 aliphatic carbocycles. The lowest BCUT2D eigenvalue weighted by molar-refractivity contribution is 0.0961. The molecular formula is C16H14O2. The van der Waals surface area contributed by atoms with Crippen molar-refractivity contribution in [2.45, 2.75) is 18.8 Å². The standard InChI is InChI=1S/C16H14O2/c17-14-8-4-7-12-9-13(10-15(18)16(12)14)11-5-2-1-3-6-11/h1-8,13,17H,9-10H2. The zero-order valence-corrected chi connectivity index (χ0v) is 9.97. The minimum Gasteiger partial charge on any atom is -0.507 e. The Morgan fingerprint density at radius 3 is 2.50 bits per heavy atom. The predicted octanol–water partition coefficient (Wildman–Crippen LogP) is 3.30. The van der Waals surface area contributed by atoms with Crippen LogP contribution in [0.3, 0.4) is 0 Å². The molecule has 0 spiro atoms. The number of rotatable bonds is 1. The predicted molar refractivity (Wildman–Crippen MR) is 69.9 cm³/mol. The summed E-state index contributed by atoms with van der Waals surface area (Å²) in [5.74, 6) is 0.389. The van der Waals surface area contributed by atoms with Crippen molar-refractivity contribution in [1.29, 1.82) is 0 Å². The molecule has 90 valence electrons. The van der Waals surface area contributed by atoms with Crippen LogP contribution in [0, 0.1) is 0 Å². The fourth-order valence-electron chi connectivity index (χ4n) is 2.70. The van der Waals surface area contributed by atoms with E-state index in [4.69, 9.17) is 0 Å². The number of carbonyl (C=O) groups excluding carboxylic acids is 1. The van der Waals surface area contributed by atoms with E-state index in [-0.39, 0.29) is 17.5 Å². The van der Waals surface area contributed by atoms with Crippen LogP contribution in [-0.4, -0.2) is 10.9 Å². The molecule has 2 aromatic rings. The normalized spacial score (nSPS) is 18.4. The van der Waals surface area contributed by atoms with Gasteiger partial charge in [0.05, 0.1) is 5.56 Å². The van der Waals surface area contributed by atoms with Gasteiger partial charge in [-0.05, 0) is 29.5 Å². The number of fused-ring (bicyclic) bond motifs is 1. The van der Waals surface area contributed by atoms with Crippen molar-refractivity contribution in [3.05, 3.63) is 65.2 Å². The molecule has 0 saturated carbocycles. The van der Waals surface area contributed by atoms with Gasteiger partial charge in [0.25, 0.3) is 0 Å². The van der Waals surface area contributed by atoms with Crippen molar-refractivity contribution in [2.24, 2.45) is 0 Å². The Labute approximate surface area is 106 Å². The largest absolute Gasteiger partial charge is 0.507 e. The zero-order chi connectivity index (χ0) is 12.5. The Hall–Kier alpha value is -2.09. The Morgan fingerprint density at radius 1 is 0.944 bits per heavy atom. The second kappa shape index (κ2) is 4.30. The van der Waals surface area contributed by atoms with Crippen molar-refractivity contribution in [3.63, 3.8) is 0 Å². The number of phenolic OH excluding ortho intramolecular Hbond substituents is 1. The average Bonchev–Trinajstić information content (AvgIpc) is 2.39. The molecule has 2 aromatic carbocycles. The zero-order valence-electron chi connectivity index (χ0n) is 9.97. The molecule has 0 aliphatic heterocycles. The Morgan fingerprint density at radius 2 is 1.72 bits per heavy atom. The summed E-state index contributed by atoms with van der Waals surface area (Å²) < 4.78 is 0. The summed E-state index contributed by atoms with van der Waals surface area (Å²) in [5.41, 5.74) is 2.67. The Kier molecular flexibility index (Phi) is 2.63. The smallest absolute Gasteiger partial charge is 0.167 e. The summed E-state index contributed by atoms with van der Waals surface area (Å²) in [6.07, 6.45) is 1.30. The molecule has 1 unspecified atom stereocenters. The summed E-state index contributed by atoms with van der Waals surface area (Å²) in [4.78, 5) is 12.1. The van der Waals surface area contributed by atoms with Crippen LogP contribution in [0.2, 0.25) is 0 Å². The van der Waals surface area contributed by atoms with Gasteiger partial charge >= 0.3 is 0 Å². The fourth-order valence-corrected chi connectivity index (χ4v) is 2.70. The fraction of sp³-hybridized carbons (Fsp3) is 0.188. The van der Waals surface area contributed by atoms with Crippen molar-refractivity contribution in [1.82, 2.24) is 0 Å². The van der Waals surface area contributed by atoms with Crippen molar-refractivity contribution in [3.8, 4) is 5.75 Å². The second-order valence-electron chi connectivity index (χ2n) is 4.75. The highest BCUT2D eigenvalue weighted by molar-refractivity contribution is 6.01. The van der Waals surface area contributed by atoms with E-state index >= 15 is 0 Å². The molecule has 0 saturated heterocycles. The van der Waals surface area contributed by atoms with E-state index in [1.54, 1.807) is 12.1 Å². The van der Waals surface area contributed by atoms with Gasteiger partial charge in [-0.2, -0.15) is 0 Å². The van der Waals surface area contributed by atoms with E-state index < -0.39 is 0 Å². The van der Waals surface area contributed by atoms with E-state index in [9.17, 15) is 9.90 Å². The average molecular weight is 238 g/mol. The van der Waals surface area contributed by atoms with Gasteiger partial charge in [-0.25, -0.2) is 0 Å². The molecule has 0 aromatic heterocycles. The van der Waals surface area contributed by atoms with E-state index in [0.29, 0.717) is 12.0 Å². The van der Waals surface area contributed by atoms with E-state index in [1.807, 2.05) is 24.3 Å². The maximum absolute atomic E-state index is 12.1. The van der Waals surface area contributed by atoms with Gasteiger partial charge in [-0.1, -0.05) is 42.5 Å². The van der Waals surface area contributed by atoms with E-state index in [0.717, 1.165) is 12.0 Å². The summed E-state index contributed by atoms with van der Waals surface area (Å²) in [6, 6.07) is 15.4. The number of hydrogen-bond donors (Lipinski definition) is 1. The number of phenols is 1. The number of aromatic hydroxyl groups is 1. The summed E-state index contributed by atoms with van der Waals surface area (Å²) in [6.45, 7) is 0. The van der Waals surface area contributed by atoms with Crippen molar-refractivity contribution < 1.29 is 9.90 Å². The van der Waals surface area contributed by atoms with Crippen LogP contribution in [0.25, 0.3) is 0 Å². The van der Waals surface area contributed by atoms with Crippen LogP contribution < -0.4 is 0 Å². The van der Waals surface area contributed by atoms with Gasteiger partial charge in [-0.15, -0.1) is 0 Å². The molecule has 1 aliphatic rings. The summed E-state index contributed by atoms with van der Waals surface area (Å²) >= 11 is 0. The van der Waals surface area contributed by atoms with Crippen LogP contribution in [-0.2, 0) is 6.42 Å². The highest BCUT2D eigenvalue weighted by atomic mass is 16.3. The van der Waals surface area contributed by atoms with Gasteiger partial charge in [0.15, 0.2) is 5.78 Å². The molecule has 1 atom stereocenters. The molecule has 1 N–H and O–H groups in total. The monoisotopic (exact) mass is 238 g/mol. The lowest BCUT2D eigenvalue weighted by Gasteiger charge is -2.24. The molecule has 0 amide bonds. The van der Waals surface area contributed by atoms with Gasteiger partial charge in [0.2, 0.25) is 0 Å². The van der Waals surface area contributed by atoms with Crippen LogP contribution in [0.4, 0.5) is 0 Å². The third-order valence-corrected chi connectivity index (χ3v) is 3.58. The first-order valence-electron chi connectivity index (χ1n) is 6.14. The van der Waals surface area contributed by atoms with E-state index in [2.05, 4.69) is 12.1 Å². The summed E-state index contributed by atoms with van der Waals surface area (Å²) in [5, 5.41) is 9.76. The van der Waals surface area contributed by atoms with Crippen LogP contribution >= 0.6 is 0 Å². The molecule has 2 heteroatoms. The molecule has 0 fully saturated rings. The molecule has 2 nitrogen and oxygen atoms in total. The molecule has 0 heterocycles. The second-order valence-corrected chi connectivity index (χ2v) is 4.75. The maximum Gasteiger partial charge on any atom is 0.167 e. The third kappa shape index (κ3) is 1.80. The number of hydrogen-bond acceptors (Lipinski definition) is 2. The molecule has 18 heavy (non-hydrogen) atoms. The molecule has 3 rings (SSSR count). The van der Waals surface area contributed by atoms with Gasteiger partial charge < -0.3 is 5.11 Å². The maximum atomic E-state index is 12.1. The van der Waals surface area contributed by atoms with Gasteiger partial charge in [0, 0.05) is 6.42 Å². The third-order valence-electron chi connectivity index (χ3n) is 3.58. The highest BCUT2D eigenvalue weighted by Gasteiger charge is 2.27. The van der Waals surface area contributed by atoms with Crippen LogP contribution in [0.15, 0.2) is 48.5 Å². The first-order valence-corrected chi connectivity index (χ1v) is 6.14. The Bertz CT molecular complexity index is 587. The van der Waals surface area contributed by atoms with Gasteiger partial charge in [-0.3, -0.25) is 4.79 Å². The lowest BCUT2D eigenvalue weighted by Crippen LogP contribution is -2.18.